The van der Waals surface area contributed by atoms with E-state index in [1.807, 2.05) is 44.5 Å². The number of hydrogen-bond donors (Lipinski definition) is 2. The van der Waals surface area contributed by atoms with Gasteiger partial charge < -0.3 is 15.2 Å². The van der Waals surface area contributed by atoms with Gasteiger partial charge in [-0.25, -0.2) is 0 Å². The van der Waals surface area contributed by atoms with E-state index in [0.717, 1.165) is 23.7 Å². The number of nitrogens with one attached hydrogen (secondary N) is 2. The van der Waals surface area contributed by atoms with Crippen LogP contribution in [0, 0.1) is 20.8 Å². The number of amides is 1. The van der Waals surface area contributed by atoms with Gasteiger partial charge >= 0.3 is 0 Å². The molecule has 6 heteroatoms. The van der Waals surface area contributed by atoms with Gasteiger partial charge in [-0.3, -0.25) is 9.36 Å². The first-order valence-electron chi connectivity index (χ1n) is 6.60. The zero-order valence-electron chi connectivity index (χ0n) is 12.3. The number of hydrogen-bond acceptors (Lipinski definition) is 4. The van der Waals surface area contributed by atoms with E-state index in [4.69, 9.17) is 4.52 Å². The second kappa shape index (κ2) is 5.92. The Morgan fingerprint density at radius 1 is 1.30 bits per heavy atom. The minimum atomic E-state index is -0.0696. The molecule has 0 fully saturated rings. The van der Waals surface area contributed by atoms with Crippen molar-refractivity contribution < 1.29 is 9.32 Å². The number of likely N-dealkylation sites (N-methyl/N-ethyl adjacent to an activating group) is 1. The van der Waals surface area contributed by atoms with Crippen molar-refractivity contribution in [3.05, 3.63) is 34.8 Å². The van der Waals surface area contributed by atoms with Crippen molar-refractivity contribution in [1.29, 1.82) is 0 Å². The van der Waals surface area contributed by atoms with Crippen molar-refractivity contribution in [1.82, 2.24) is 20.4 Å². The first kappa shape index (κ1) is 14.3. The molecule has 2 aromatic heterocycles. The topological polar surface area (TPSA) is 72.1 Å². The molecule has 0 aliphatic heterocycles. The fraction of sp³-hybridized carbons (Fsp3) is 0.429. The SMILES string of the molecule is CNCCNC(=O)c1cc(C)n(-c2cc(C)on2)c1C. The van der Waals surface area contributed by atoms with E-state index in [1.165, 1.54) is 0 Å². The minimum absolute atomic E-state index is 0.0696. The van der Waals surface area contributed by atoms with Gasteiger partial charge in [0.15, 0.2) is 5.82 Å². The first-order valence-corrected chi connectivity index (χ1v) is 6.60. The van der Waals surface area contributed by atoms with Gasteiger partial charge in [0.25, 0.3) is 5.91 Å². The summed E-state index contributed by atoms with van der Waals surface area (Å²) in [7, 11) is 1.85. The van der Waals surface area contributed by atoms with Gasteiger partial charge in [0, 0.05) is 30.5 Å². The molecule has 0 atom stereocenters. The summed E-state index contributed by atoms with van der Waals surface area (Å²) in [5, 5.41) is 9.87. The maximum atomic E-state index is 12.1. The van der Waals surface area contributed by atoms with Gasteiger partial charge in [-0.05, 0) is 33.9 Å². The Balaban J connectivity index is 2.27. The van der Waals surface area contributed by atoms with Gasteiger partial charge in [-0.2, -0.15) is 0 Å². The molecular formula is C14H20N4O2. The summed E-state index contributed by atoms with van der Waals surface area (Å²) in [4.78, 5) is 12.1. The van der Waals surface area contributed by atoms with Crippen molar-refractivity contribution in [3.63, 3.8) is 0 Å². The largest absolute Gasteiger partial charge is 0.360 e. The Morgan fingerprint density at radius 3 is 2.65 bits per heavy atom. The highest BCUT2D eigenvalue weighted by molar-refractivity contribution is 5.95. The van der Waals surface area contributed by atoms with Crippen LogP contribution in [0.2, 0.25) is 0 Å². The molecule has 20 heavy (non-hydrogen) atoms. The van der Waals surface area contributed by atoms with Crippen LogP contribution >= 0.6 is 0 Å². The summed E-state index contributed by atoms with van der Waals surface area (Å²) < 4.78 is 7.02. The number of aryl methyl sites for hydroxylation is 2. The summed E-state index contributed by atoms with van der Waals surface area (Å²) in [6.07, 6.45) is 0. The molecular weight excluding hydrogens is 256 g/mol. The maximum absolute atomic E-state index is 12.1. The molecule has 0 radical (unpaired) electrons. The Hall–Kier alpha value is -2.08. The molecule has 0 unspecified atom stereocenters. The van der Waals surface area contributed by atoms with Gasteiger partial charge in [0.2, 0.25) is 0 Å². The van der Waals surface area contributed by atoms with Crippen LogP contribution in [-0.2, 0) is 0 Å². The number of aromatic nitrogens is 2. The van der Waals surface area contributed by atoms with E-state index in [2.05, 4.69) is 15.8 Å². The maximum Gasteiger partial charge on any atom is 0.253 e. The lowest BCUT2D eigenvalue weighted by Gasteiger charge is -2.06. The van der Waals surface area contributed by atoms with Crippen LogP contribution in [0.15, 0.2) is 16.7 Å². The quantitative estimate of drug-likeness (QED) is 0.808. The first-order chi connectivity index (χ1) is 9.54. The fourth-order valence-corrected chi connectivity index (χ4v) is 2.20. The Labute approximate surface area is 118 Å². The standard InChI is InChI=1S/C14H20N4O2/c1-9-7-12(14(19)16-6-5-15-4)11(3)18(9)13-8-10(2)20-17-13/h7-8,15H,5-6H2,1-4H3,(H,16,19). The second-order valence-electron chi connectivity index (χ2n) is 4.78. The average molecular weight is 276 g/mol. The second-order valence-corrected chi connectivity index (χ2v) is 4.78. The molecule has 2 aromatic rings. The van der Waals surface area contributed by atoms with E-state index in [0.29, 0.717) is 17.9 Å². The van der Waals surface area contributed by atoms with Gasteiger partial charge in [-0.15, -0.1) is 0 Å². The summed E-state index contributed by atoms with van der Waals surface area (Å²) in [5.41, 5.74) is 2.48. The molecule has 0 saturated heterocycles. The van der Waals surface area contributed by atoms with Crippen LogP contribution in [0.25, 0.3) is 5.82 Å². The van der Waals surface area contributed by atoms with Gasteiger partial charge in [0.05, 0.1) is 5.56 Å². The summed E-state index contributed by atoms with van der Waals surface area (Å²) >= 11 is 0. The molecule has 2 heterocycles. The number of carbonyl (C=O) groups is 1. The highest BCUT2D eigenvalue weighted by Crippen LogP contribution is 2.20. The van der Waals surface area contributed by atoms with Crippen molar-refractivity contribution in [2.24, 2.45) is 0 Å². The van der Waals surface area contributed by atoms with Crippen LogP contribution in [0.1, 0.15) is 27.5 Å². The number of rotatable bonds is 5. The predicted molar refractivity (Wildman–Crippen MR) is 76.3 cm³/mol. The molecule has 0 aromatic carbocycles. The molecule has 2 N–H and O–H groups in total. The van der Waals surface area contributed by atoms with Crippen LogP contribution in [0.5, 0.6) is 0 Å². The highest BCUT2D eigenvalue weighted by Gasteiger charge is 2.17. The lowest BCUT2D eigenvalue weighted by molar-refractivity contribution is 0.0953. The third kappa shape index (κ3) is 2.75. The van der Waals surface area contributed by atoms with E-state index in [9.17, 15) is 4.79 Å². The zero-order chi connectivity index (χ0) is 14.7. The van der Waals surface area contributed by atoms with E-state index in [-0.39, 0.29) is 5.91 Å². The van der Waals surface area contributed by atoms with Crippen molar-refractivity contribution >= 4 is 5.91 Å². The smallest absolute Gasteiger partial charge is 0.253 e. The monoisotopic (exact) mass is 276 g/mol. The van der Waals surface area contributed by atoms with Gasteiger partial charge in [0.1, 0.15) is 5.76 Å². The molecule has 0 aliphatic carbocycles. The third-order valence-corrected chi connectivity index (χ3v) is 3.18. The molecule has 0 spiro atoms. The molecule has 0 aliphatic rings. The zero-order valence-corrected chi connectivity index (χ0v) is 12.3. The molecule has 2 rings (SSSR count). The van der Waals surface area contributed by atoms with Crippen LogP contribution in [0.3, 0.4) is 0 Å². The summed E-state index contributed by atoms with van der Waals surface area (Å²) in [5.74, 6) is 1.37. The van der Waals surface area contributed by atoms with Crippen LogP contribution in [-0.4, -0.2) is 35.8 Å². The minimum Gasteiger partial charge on any atom is -0.360 e. The molecule has 0 bridgehead atoms. The summed E-state index contributed by atoms with van der Waals surface area (Å²) in [6, 6.07) is 3.72. The van der Waals surface area contributed by atoms with Crippen molar-refractivity contribution in [2.45, 2.75) is 20.8 Å². The normalized spacial score (nSPS) is 10.8. The molecule has 1 amide bonds. The molecule has 108 valence electrons. The van der Waals surface area contributed by atoms with Crippen LogP contribution in [0.4, 0.5) is 0 Å². The third-order valence-electron chi connectivity index (χ3n) is 3.18. The lowest BCUT2D eigenvalue weighted by Crippen LogP contribution is -2.30. The number of nitrogens with zero attached hydrogens (tertiary/aromatic N) is 2. The van der Waals surface area contributed by atoms with Gasteiger partial charge in [-0.1, -0.05) is 5.16 Å². The molecule has 6 nitrogen and oxygen atoms in total. The summed E-state index contributed by atoms with van der Waals surface area (Å²) in [6.45, 7) is 7.04. The lowest BCUT2D eigenvalue weighted by atomic mass is 10.2. The van der Waals surface area contributed by atoms with Crippen molar-refractivity contribution in [2.75, 3.05) is 20.1 Å². The van der Waals surface area contributed by atoms with E-state index >= 15 is 0 Å². The van der Waals surface area contributed by atoms with E-state index in [1.54, 1.807) is 0 Å². The average Bonchev–Trinajstić information content (AvgIpc) is 2.93. The molecule has 0 saturated carbocycles. The Morgan fingerprint density at radius 2 is 2.05 bits per heavy atom. The Bertz CT molecular complexity index is 613. The van der Waals surface area contributed by atoms with Crippen LogP contribution < -0.4 is 10.6 Å². The number of carbonyl (C=O) groups excluding carboxylic acids is 1. The van der Waals surface area contributed by atoms with E-state index < -0.39 is 0 Å². The predicted octanol–water partition coefficient (Wildman–Crippen LogP) is 1.34. The fourth-order valence-electron chi connectivity index (χ4n) is 2.20. The highest BCUT2D eigenvalue weighted by atomic mass is 16.5. The van der Waals surface area contributed by atoms with Crippen molar-refractivity contribution in [3.8, 4) is 5.82 Å². The Kier molecular flexibility index (Phi) is 4.24.